The van der Waals surface area contributed by atoms with Crippen molar-refractivity contribution in [1.82, 2.24) is 4.90 Å². The molecule has 130 valence electrons. The zero-order valence-corrected chi connectivity index (χ0v) is 14.8. The fourth-order valence-electron chi connectivity index (χ4n) is 4.42. The molecule has 0 unspecified atom stereocenters. The summed E-state index contributed by atoms with van der Waals surface area (Å²) in [5, 5.41) is 0. The zero-order valence-electron chi connectivity index (χ0n) is 14.8. The first-order valence-electron chi connectivity index (χ1n) is 9.71. The van der Waals surface area contributed by atoms with Crippen molar-refractivity contribution < 1.29 is 4.79 Å². The molecule has 2 aromatic carbocycles. The van der Waals surface area contributed by atoms with Crippen LogP contribution in [-0.2, 0) is 4.79 Å². The molecule has 2 nitrogen and oxygen atoms in total. The standard InChI is InChI=1S/C23H27NO/c25-23(21-12-7-13-21)24-16-14-20(15-17-24)22(18-8-3-1-4-9-18)19-10-5-2-6-11-19/h1-6,8-11,20-22H,7,12-17H2. The van der Waals surface area contributed by atoms with Gasteiger partial charge in [0.1, 0.15) is 0 Å². The summed E-state index contributed by atoms with van der Waals surface area (Å²) in [6.45, 7) is 1.85. The van der Waals surface area contributed by atoms with Crippen molar-refractivity contribution in [1.29, 1.82) is 0 Å². The van der Waals surface area contributed by atoms with Gasteiger partial charge >= 0.3 is 0 Å². The molecule has 1 saturated heterocycles. The van der Waals surface area contributed by atoms with E-state index >= 15 is 0 Å². The Bertz CT molecular complexity index is 645. The van der Waals surface area contributed by atoms with Crippen LogP contribution in [0, 0.1) is 11.8 Å². The van der Waals surface area contributed by atoms with Gasteiger partial charge in [0.15, 0.2) is 0 Å². The molecule has 0 atom stereocenters. The van der Waals surface area contributed by atoms with E-state index in [1.807, 2.05) is 0 Å². The Hall–Kier alpha value is -2.09. The minimum atomic E-state index is 0.329. The largest absolute Gasteiger partial charge is 0.342 e. The molecular formula is C23H27NO. The third kappa shape index (κ3) is 3.49. The molecule has 0 spiro atoms. The van der Waals surface area contributed by atoms with E-state index in [-0.39, 0.29) is 0 Å². The van der Waals surface area contributed by atoms with Gasteiger partial charge < -0.3 is 4.90 Å². The number of nitrogens with zero attached hydrogens (tertiary/aromatic N) is 1. The third-order valence-corrected chi connectivity index (χ3v) is 6.09. The lowest BCUT2D eigenvalue weighted by atomic mass is 9.75. The van der Waals surface area contributed by atoms with Gasteiger partial charge in [-0.25, -0.2) is 0 Å². The normalized spacial score (nSPS) is 19.0. The van der Waals surface area contributed by atoms with E-state index in [4.69, 9.17) is 0 Å². The molecule has 0 bridgehead atoms. The second-order valence-corrected chi connectivity index (χ2v) is 7.59. The van der Waals surface area contributed by atoms with Gasteiger partial charge in [-0.1, -0.05) is 67.1 Å². The molecule has 2 heteroatoms. The maximum atomic E-state index is 12.5. The fraction of sp³-hybridized carbons (Fsp3) is 0.435. The summed E-state index contributed by atoms with van der Waals surface area (Å²) < 4.78 is 0. The lowest BCUT2D eigenvalue weighted by molar-refractivity contribution is -0.139. The topological polar surface area (TPSA) is 20.3 Å². The molecule has 0 radical (unpaired) electrons. The van der Waals surface area contributed by atoms with E-state index in [9.17, 15) is 4.79 Å². The van der Waals surface area contributed by atoms with E-state index in [0.717, 1.165) is 38.8 Å². The number of carbonyl (C=O) groups is 1. The summed E-state index contributed by atoms with van der Waals surface area (Å²) in [5.74, 6) is 1.79. The SMILES string of the molecule is O=C(C1CCC1)N1CCC(C(c2ccccc2)c2ccccc2)CC1. The Labute approximate surface area is 150 Å². The van der Waals surface area contributed by atoms with Crippen molar-refractivity contribution >= 4 is 5.91 Å². The van der Waals surface area contributed by atoms with Crippen LogP contribution in [0.3, 0.4) is 0 Å². The van der Waals surface area contributed by atoms with Crippen LogP contribution in [0.25, 0.3) is 0 Å². The summed E-state index contributed by atoms with van der Waals surface area (Å²) in [7, 11) is 0. The summed E-state index contributed by atoms with van der Waals surface area (Å²) >= 11 is 0. The summed E-state index contributed by atoms with van der Waals surface area (Å²) in [4.78, 5) is 14.7. The molecule has 0 aromatic heterocycles. The van der Waals surface area contributed by atoms with Crippen LogP contribution in [0.4, 0.5) is 0 Å². The van der Waals surface area contributed by atoms with Crippen molar-refractivity contribution in [3.05, 3.63) is 71.8 Å². The highest BCUT2D eigenvalue weighted by molar-refractivity contribution is 5.79. The average molecular weight is 333 g/mol. The quantitative estimate of drug-likeness (QED) is 0.782. The Balaban J connectivity index is 1.50. The van der Waals surface area contributed by atoms with Crippen LogP contribution in [0.1, 0.15) is 49.1 Å². The van der Waals surface area contributed by atoms with Gasteiger partial charge in [-0.3, -0.25) is 4.79 Å². The monoisotopic (exact) mass is 333 g/mol. The predicted molar refractivity (Wildman–Crippen MR) is 101 cm³/mol. The van der Waals surface area contributed by atoms with Crippen molar-refractivity contribution in [2.24, 2.45) is 11.8 Å². The van der Waals surface area contributed by atoms with Crippen LogP contribution < -0.4 is 0 Å². The molecule has 1 aliphatic carbocycles. The predicted octanol–water partition coefficient (Wildman–Crippen LogP) is 4.86. The Morgan fingerprint density at radius 1 is 0.800 bits per heavy atom. The highest BCUT2D eigenvalue weighted by atomic mass is 16.2. The first kappa shape index (κ1) is 16.4. The number of rotatable bonds is 4. The van der Waals surface area contributed by atoms with Gasteiger partial charge in [0.05, 0.1) is 0 Å². The van der Waals surface area contributed by atoms with Crippen molar-refractivity contribution in [3.63, 3.8) is 0 Å². The van der Waals surface area contributed by atoms with E-state index in [2.05, 4.69) is 65.6 Å². The molecule has 25 heavy (non-hydrogen) atoms. The van der Waals surface area contributed by atoms with Crippen molar-refractivity contribution in [3.8, 4) is 0 Å². The van der Waals surface area contributed by atoms with Gasteiger partial charge in [-0.15, -0.1) is 0 Å². The molecule has 2 fully saturated rings. The molecule has 1 saturated carbocycles. The van der Waals surface area contributed by atoms with Crippen LogP contribution >= 0.6 is 0 Å². The van der Waals surface area contributed by atoms with Gasteiger partial charge in [-0.05, 0) is 42.7 Å². The smallest absolute Gasteiger partial charge is 0.225 e. The lowest BCUT2D eigenvalue weighted by Crippen LogP contribution is -2.44. The summed E-state index contributed by atoms with van der Waals surface area (Å²) in [6, 6.07) is 21.7. The lowest BCUT2D eigenvalue weighted by Gasteiger charge is -2.39. The zero-order chi connectivity index (χ0) is 17.1. The molecule has 2 aliphatic rings. The van der Waals surface area contributed by atoms with Crippen LogP contribution in [-0.4, -0.2) is 23.9 Å². The molecule has 0 N–H and O–H groups in total. The van der Waals surface area contributed by atoms with Gasteiger partial charge in [-0.2, -0.15) is 0 Å². The first-order valence-corrected chi connectivity index (χ1v) is 9.71. The fourth-order valence-corrected chi connectivity index (χ4v) is 4.42. The number of amides is 1. The van der Waals surface area contributed by atoms with Crippen LogP contribution in [0.15, 0.2) is 60.7 Å². The number of likely N-dealkylation sites (tertiary alicyclic amines) is 1. The number of hydrogen-bond acceptors (Lipinski definition) is 1. The third-order valence-electron chi connectivity index (χ3n) is 6.09. The van der Waals surface area contributed by atoms with E-state index in [0.29, 0.717) is 23.7 Å². The maximum absolute atomic E-state index is 12.5. The highest BCUT2D eigenvalue weighted by Gasteiger charge is 2.34. The number of carbonyl (C=O) groups excluding carboxylic acids is 1. The minimum Gasteiger partial charge on any atom is -0.342 e. The number of hydrogen-bond donors (Lipinski definition) is 0. The summed E-state index contributed by atoms with van der Waals surface area (Å²) in [6.07, 6.45) is 5.65. The maximum Gasteiger partial charge on any atom is 0.225 e. The highest BCUT2D eigenvalue weighted by Crippen LogP contribution is 2.38. The Morgan fingerprint density at radius 3 is 1.76 bits per heavy atom. The van der Waals surface area contributed by atoms with E-state index < -0.39 is 0 Å². The van der Waals surface area contributed by atoms with Crippen molar-refractivity contribution in [2.75, 3.05) is 13.1 Å². The number of benzene rings is 2. The Morgan fingerprint density at radius 2 is 1.32 bits per heavy atom. The molecule has 1 amide bonds. The molecule has 2 aromatic rings. The second-order valence-electron chi connectivity index (χ2n) is 7.59. The summed E-state index contributed by atoms with van der Waals surface area (Å²) in [5.41, 5.74) is 2.80. The average Bonchev–Trinajstić information content (AvgIpc) is 2.63. The first-order chi connectivity index (χ1) is 12.3. The van der Waals surface area contributed by atoms with E-state index in [1.54, 1.807) is 0 Å². The van der Waals surface area contributed by atoms with Gasteiger partial charge in [0.2, 0.25) is 5.91 Å². The van der Waals surface area contributed by atoms with E-state index in [1.165, 1.54) is 17.5 Å². The molecule has 4 rings (SSSR count). The number of piperidine rings is 1. The molecular weight excluding hydrogens is 306 g/mol. The minimum absolute atomic E-state index is 0.329. The molecule has 1 aliphatic heterocycles. The molecule has 1 heterocycles. The van der Waals surface area contributed by atoms with Crippen LogP contribution in [0.2, 0.25) is 0 Å². The Kier molecular flexibility index (Phi) is 4.87. The van der Waals surface area contributed by atoms with Gasteiger partial charge in [0.25, 0.3) is 0 Å². The van der Waals surface area contributed by atoms with Gasteiger partial charge in [0, 0.05) is 24.9 Å². The second kappa shape index (κ2) is 7.43. The van der Waals surface area contributed by atoms with Crippen molar-refractivity contribution in [2.45, 2.75) is 38.0 Å². The van der Waals surface area contributed by atoms with Crippen LogP contribution in [0.5, 0.6) is 0 Å².